The Morgan fingerprint density at radius 2 is 2.22 bits per heavy atom. The van der Waals surface area contributed by atoms with Gasteiger partial charge in [0, 0.05) is 18.2 Å². The lowest BCUT2D eigenvalue weighted by Crippen LogP contribution is -2.34. The maximum atomic E-state index is 13.5. The van der Waals surface area contributed by atoms with Crippen LogP contribution < -0.4 is 10.5 Å². The smallest absolute Gasteiger partial charge is 0.243 e. The Bertz CT molecular complexity index is 564. The van der Waals surface area contributed by atoms with Crippen LogP contribution in [0, 0.1) is 18.2 Å². The van der Waals surface area contributed by atoms with Gasteiger partial charge in [-0.05, 0) is 24.6 Å². The zero-order valence-corrected chi connectivity index (χ0v) is 10.8. The van der Waals surface area contributed by atoms with Crippen LogP contribution in [0.5, 0.6) is 0 Å². The molecule has 1 rings (SSSR count). The summed E-state index contributed by atoms with van der Waals surface area (Å²) in [7, 11) is -3.92. The molecule has 98 valence electrons. The highest BCUT2D eigenvalue weighted by Crippen LogP contribution is 2.18. The lowest BCUT2D eigenvalue weighted by atomic mass is 10.2. The fourth-order valence-electron chi connectivity index (χ4n) is 1.43. The zero-order valence-electron chi connectivity index (χ0n) is 9.98. The number of nitrogens with two attached hydrogens (primary N) is 1. The maximum Gasteiger partial charge on any atom is 0.243 e. The first-order valence-electron chi connectivity index (χ1n) is 5.41. The number of hydrogen-bond acceptors (Lipinski definition) is 3. The van der Waals surface area contributed by atoms with Gasteiger partial charge in [-0.1, -0.05) is 6.92 Å². The summed E-state index contributed by atoms with van der Waals surface area (Å²) in [4.78, 5) is -0.424. The molecule has 0 spiro atoms. The SMILES string of the molecule is C#CCC(CC)NS(=O)(=O)c1ccc(N)cc1F. The van der Waals surface area contributed by atoms with Crippen LogP contribution in [0.3, 0.4) is 0 Å². The van der Waals surface area contributed by atoms with Gasteiger partial charge >= 0.3 is 0 Å². The highest BCUT2D eigenvalue weighted by molar-refractivity contribution is 7.89. The van der Waals surface area contributed by atoms with Gasteiger partial charge in [0.15, 0.2) is 0 Å². The molecule has 0 aliphatic rings. The molecular formula is C12H15FN2O2S. The maximum absolute atomic E-state index is 13.5. The van der Waals surface area contributed by atoms with E-state index in [0.29, 0.717) is 6.42 Å². The van der Waals surface area contributed by atoms with Crippen LogP contribution in [0.25, 0.3) is 0 Å². The largest absolute Gasteiger partial charge is 0.399 e. The summed E-state index contributed by atoms with van der Waals surface area (Å²) in [5.74, 6) is 1.50. The molecule has 6 heteroatoms. The van der Waals surface area contributed by atoms with Crippen molar-refractivity contribution in [3.63, 3.8) is 0 Å². The van der Waals surface area contributed by atoms with E-state index >= 15 is 0 Å². The Kier molecular flexibility index (Phi) is 4.70. The summed E-state index contributed by atoms with van der Waals surface area (Å²) >= 11 is 0. The third kappa shape index (κ3) is 3.45. The zero-order chi connectivity index (χ0) is 13.8. The first-order chi connectivity index (χ1) is 8.40. The molecule has 0 aromatic heterocycles. The van der Waals surface area contributed by atoms with E-state index in [1.807, 2.05) is 0 Å². The van der Waals surface area contributed by atoms with E-state index < -0.39 is 26.8 Å². The summed E-state index contributed by atoms with van der Waals surface area (Å²) in [6.45, 7) is 1.80. The van der Waals surface area contributed by atoms with Gasteiger partial charge in [-0.25, -0.2) is 17.5 Å². The number of anilines is 1. The second-order valence-corrected chi connectivity index (χ2v) is 5.51. The molecule has 0 saturated heterocycles. The molecule has 0 radical (unpaired) electrons. The van der Waals surface area contributed by atoms with E-state index in [9.17, 15) is 12.8 Å². The van der Waals surface area contributed by atoms with Gasteiger partial charge in [0.1, 0.15) is 10.7 Å². The van der Waals surface area contributed by atoms with Gasteiger partial charge in [-0.15, -0.1) is 12.3 Å². The molecule has 1 unspecified atom stereocenters. The minimum atomic E-state index is -3.92. The number of benzene rings is 1. The Morgan fingerprint density at radius 1 is 1.56 bits per heavy atom. The normalized spacial score (nSPS) is 12.9. The number of nitrogens with one attached hydrogen (secondary N) is 1. The fraction of sp³-hybridized carbons (Fsp3) is 0.333. The van der Waals surface area contributed by atoms with Crippen LogP contribution in [-0.4, -0.2) is 14.5 Å². The van der Waals surface area contributed by atoms with Crippen LogP contribution in [0.15, 0.2) is 23.1 Å². The molecule has 0 bridgehead atoms. The Labute approximate surface area is 106 Å². The van der Waals surface area contributed by atoms with Crippen LogP contribution in [0.2, 0.25) is 0 Å². The lowest BCUT2D eigenvalue weighted by Gasteiger charge is -2.15. The minimum absolute atomic E-state index is 0.169. The molecule has 0 aliphatic heterocycles. The van der Waals surface area contributed by atoms with E-state index in [-0.39, 0.29) is 12.1 Å². The van der Waals surface area contributed by atoms with Crippen LogP contribution >= 0.6 is 0 Å². The second-order valence-electron chi connectivity index (χ2n) is 3.82. The van der Waals surface area contributed by atoms with Crippen molar-refractivity contribution in [2.24, 2.45) is 0 Å². The van der Waals surface area contributed by atoms with Crippen LogP contribution in [0.1, 0.15) is 19.8 Å². The van der Waals surface area contributed by atoms with E-state index in [1.165, 1.54) is 6.07 Å². The Balaban J connectivity index is 3.03. The monoisotopic (exact) mass is 270 g/mol. The highest BCUT2D eigenvalue weighted by Gasteiger charge is 2.22. The van der Waals surface area contributed by atoms with Gasteiger partial charge < -0.3 is 5.73 Å². The first-order valence-corrected chi connectivity index (χ1v) is 6.89. The fourth-order valence-corrected chi connectivity index (χ4v) is 2.81. The van der Waals surface area contributed by atoms with Crippen molar-refractivity contribution < 1.29 is 12.8 Å². The van der Waals surface area contributed by atoms with Crippen molar-refractivity contribution in [2.45, 2.75) is 30.7 Å². The lowest BCUT2D eigenvalue weighted by molar-refractivity contribution is 0.531. The molecule has 0 aliphatic carbocycles. The minimum Gasteiger partial charge on any atom is -0.399 e. The standard InChI is InChI=1S/C12H15FN2O2S/c1-3-5-10(4-2)15-18(16,17)12-7-6-9(14)8-11(12)13/h1,6-8,10,15H,4-5,14H2,2H3. The van der Waals surface area contributed by atoms with E-state index in [4.69, 9.17) is 12.2 Å². The molecule has 1 aromatic carbocycles. The predicted octanol–water partition coefficient (Wildman–Crippen LogP) is 1.49. The molecule has 0 heterocycles. The van der Waals surface area contributed by atoms with E-state index in [1.54, 1.807) is 6.92 Å². The van der Waals surface area contributed by atoms with Gasteiger partial charge in [0.2, 0.25) is 10.0 Å². The molecular weight excluding hydrogens is 255 g/mol. The predicted molar refractivity (Wildman–Crippen MR) is 68.7 cm³/mol. The molecule has 4 nitrogen and oxygen atoms in total. The topological polar surface area (TPSA) is 72.2 Å². The number of rotatable bonds is 5. The summed E-state index contributed by atoms with van der Waals surface area (Å²) in [6.07, 6.45) is 5.92. The number of nitrogen functional groups attached to an aromatic ring is 1. The second kappa shape index (κ2) is 5.85. The van der Waals surface area contributed by atoms with Crippen molar-refractivity contribution in [1.29, 1.82) is 0 Å². The molecule has 18 heavy (non-hydrogen) atoms. The number of halogens is 1. The third-order valence-corrected chi connectivity index (χ3v) is 3.98. The summed E-state index contributed by atoms with van der Waals surface area (Å²) in [5, 5.41) is 0. The van der Waals surface area contributed by atoms with E-state index in [0.717, 1.165) is 12.1 Å². The first kappa shape index (κ1) is 14.5. The van der Waals surface area contributed by atoms with Gasteiger partial charge in [-0.3, -0.25) is 0 Å². The van der Waals surface area contributed by atoms with Crippen molar-refractivity contribution in [3.05, 3.63) is 24.0 Å². The van der Waals surface area contributed by atoms with Crippen molar-refractivity contribution in [1.82, 2.24) is 4.72 Å². The number of sulfonamides is 1. The summed E-state index contributed by atoms with van der Waals surface area (Å²) in [5.41, 5.74) is 5.53. The van der Waals surface area contributed by atoms with Gasteiger partial charge in [0.25, 0.3) is 0 Å². The molecule has 0 amide bonds. The average Bonchev–Trinajstić information content (AvgIpc) is 2.27. The van der Waals surface area contributed by atoms with Crippen molar-refractivity contribution in [2.75, 3.05) is 5.73 Å². The summed E-state index contributed by atoms with van der Waals surface area (Å²) in [6, 6.07) is 3.03. The van der Waals surface area contributed by atoms with Gasteiger partial charge in [-0.2, -0.15) is 0 Å². The molecule has 3 N–H and O–H groups in total. The van der Waals surface area contributed by atoms with Crippen LogP contribution in [-0.2, 0) is 10.0 Å². The van der Waals surface area contributed by atoms with E-state index in [2.05, 4.69) is 10.6 Å². The Hall–Kier alpha value is -1.58. The van der Waals surface area contributed by atoms with Crippen molar-refractivity contribution >= 4 is 15.7 Å². The third-order valence-electron chi connectivity index (χ3n) is 2.42. The summed E-state index contributed by atoms with van der Waals surface area (Å²) < 4.78 is 39.8. The Morgan fingerprint density at radius 3 is 2.72 bits per heavy atom. The molecule has 1 aromatic rings. The number of hydrogen-bond donors (Lipinski definition) is 2. The molecule has 1 atom stereocenters. The van der Waals surface area contributed by atoms with Crippen molar-refractivity contribution in [3.8, 4) is 12.3 Å². The molecule has 0 saturated carbocycles. The van der Waals surface area contributed by atoms with Gasteiger partial charge in [0.05, 0.1) is 0 Å². The quantitative estimate of drug-likeness (QED) is 0.629. The highest BCUT2D eigenvalue weighted by atomic mass is 32.2. The molecule has 0 fully saturated rings. The average molecular weight is 270 g/mol. The number of terminal acetylenes is 1. The van der Waals surface area contributed by atoms with Crippen LogP contribution in [0.4, 0.5) is 10.1 Å².